The van der Waals surface area contributed by atoms with E-state index in [2.05, 4.69) is 5.32 Å². The second kappa shape index (κ2) is 6.41. The molecule has 0 fully saturated rings. The summed E-state index contributed by atoms with van der Waals surface area (Å²) >= 11 is 1.29. The lowest BCUT2D eigenvalue weighted by atomic mass is 10.0. The molecule has 1 aromatic heterocycles. The van der Waals surface area contributed by atoms with Crippen LogP contribution in [0.15, 0.2) is 29.6 Å². The molecule has 0 unspecified atom stereocenters. The van der Waals surface area contributed by atoms with Gasteiger partial charge >= 0.3 is 5.97 Å². The molecular weight excluding hydrogens is 288 g/mol. The summed E-state index contributed by atoms with van der Waals surface area (Å²) in [5.41, 5.74) is 8.43. The lowest BCUT2D eigenvalue weighted by Crippen LogP contribution is -2.08. The van der Waals surface area contributed by atoms with Crippen LogP contribution in [0.2, 0.25) is 0 Å². The Kier molecular flexibility index (Phi) is 4.59. The minimum absolute atomic E-state index is 0.150. The summed E-state index contributed by atoms with van der Waals surface area (Å²) in [7, 11) is 0. The highest BCUT2D eigenvalue weighted by Crippen LogP contribution is 2.35. The van der Waals surface area contributed by atoms with Gasteiger partial charge in [0, 0.05) is 23.6 Å². The monoisotopic (exact) mass is 304 g/mol. The molecule has 1 aromatic carbocycles. The number of nitrogen functional groups attached to an aromatic ring is 1. The number of hydrogen-bond acceptors (Lipinski definition) is 5. The number of amides is 1. The molecule has 2 rings (SSSR count). The van der Waals surface area contributed by atoms with Gasteiger partial charge < -0.3 is 15.8 Å². The number of thiophene rings is 1. The topological polar surface area (TPSA) is 81.4 Å². The Morgan fingerprint density at radius 2 is 2.14 bits per heavy atom. The molecule has 110 valence electrons. The van der Waals surface area contributed by atoms with Crippen LogP contribution >= 0.6 is 11.3 Å². The molecule has 0 spiro atoms. The number of hydrogen-bond donors (Lipinski definition) is 2. The summed E-state index contributed by atoms with van der Waals surface area (Å²) in [6.45, 7) is 3.48. The number of ether oxygens (including phenoxy) is 1. The first-order valence-electron chi connectivity index (χ1n) is 6.45. The van der Waals surface area contributed by atoms with Crippen molar-refractivity contribution in [3.8, 4) is 11.1 Å². The van der Waals surface area contributed by atoms with Crippen molar-refractivity contribution >= 4 is 33.9 Å². The van der Waals surface area contributed by atoms with E-state index in [4.69, 9.17) is 10.5 Å². The van der Waals surface area contributed by atoms with Crippen molar-refractivity contribution in [3.05, 3.63) is 35.2 Å². The van der Waals surface area contributed by atoms with Gasteiger partial charge in [0.15, 0.2) is 0 Å². The lowest BCUT2D eigenvalue weighted by molar-refractivity contribution is -0.114. The fourth-order valence-electron chi connectivity index (χ4n) is 1.97. The smallest absolute Gasteiger partial charge is 0.341 e. The van der Waals surface area contributed by atoms with Crippen molar-refractivity contribution in [3.63, 3.8) is 0 Å². The quantitative estimate of drug-likeness (QED) is 0.850. The number of nitrogens with one attached hydrogen (secondary N) is 1. The predicted octanol–water partition coefficient (Wildman–Crippen LogP) is 3.13. The molecule has 6 heteroatoms. The number of nitrogens with two attached hydrogens (primary N) is 1. The van der Waals surface area contributed by atoms with E-state index >= 15 is 0 Å². The van der Waals surface area contributed by atoms with E-state index in [-0.39, 0.29) is 5.91 Å². The molecule has 0 bridgehead atoms. The zero-order valence-electron chi connectivity index (χ0n) is 11.8. The Labute approximate surface area is 126 Å². The minimum atomic E-state index is -0.434. The van der Waals surface area contributed by atoms with Gasteiger partial charge in [-0.05, 0) is 24.6 Å². The molecule has 0 aliphatic carbocycles. The molecule has 5 nitrogen and oxygen atoms in total. The largest absolute Gasteiger partial charge is 0.462 e. The van der Waals surface area contributed by atoms with Crippen molar-refractivity contribution in [2.75, 3.05) is 17.7 Å². The van der Waals surface area contributed by atoms with Gasteiger partial charge in [-0.3, -0.25) is 4.79 Å². The SMILES string of the molecule is CCOC(=O)c1c(-c2cccc(NC(C)=O)c2)csc1N. The number of rotatable bonds is 4. The highest BCUT2D eigenvalue weighted by Gasteiger charge is 2.19. The van der Waals surface area contributed by atoms with Gasteiger partial charge in [0.2, 0.25) is 5.91 Å². The fourth-order valence-corrected chi connectivity index (χ4v) is 2.78. The summed E-state index contributed by atoms with van der Waals surface area (Å²) in [6, 6.07) is 7.25. The van der Waals surface area contributed by atoms with Crippen molar-refractivity contribution in [2.45, 2.75) is 13.8 Å². The third-order valence-corrected chi connectivity index (χ3v) is 3.60. The van der Waals surface area contributed by atoms with E-state index in [0.717, 1.165) is 5.56 Å². The van der Waals surface area contributed by atoms with E-state index in [1.807, 2.05) is 17.5 Å². The third-order valence-electron chi connectivity index (χ3n) is 2.79. The molecule has 1 heterocycles. The fraction of sp³-hybridized carbons (Fsp3) is 0.200. The number of esters is 1. The zero-order chi connectivity index (χ0) is 15.4. The molecule has 0 aliphatic heterocycles. The van der Waals surface area contributed by atoms with Gasteiger partial charge in [-0.25, -0.2) is 4.79 Å². The zero-order valence-corrected chi connectivity index (χ0v) is 12.6. The summed E-state index contributed by atoms with van der Waals surface area (Å²) in [5.74, 6) is -0.584. The number of anilines is 2. The first kappa shape index (κ1) is 15.1. The Morgan fingerprint density at radius 1 is 1.38 bits per heavy atom. The molecule has 0 saturated heterocycles. The normalized spacial score (nSPS) is 10.2. The maximum absolute atomic E-state index is 12.0. The minimum Gasteiger partial charge on any atom is -0.462 e. The van der Waals surface area contributed by atoms with Gasteiger partial charge in [-0.1, -0.05) is 12.1 Å². The van der Waals surface area contributed by atoms with Crippen molar-refractivity contribution in [2.24, 2.45) is 0 Å². The van der Waals surface area contributed by atoms with Gasteiger partial charge in [0.1, 0.15) is 10.6 Å². The summed E-state index contributed by atoms with van der Waals surface area (Å²) in [4.78, 5) is 23.1. The number of carbonyl (C=O) groups is 2. The standard InChI is InChI=1S/C15H16N2O3S/c1-3-20-15(19)13-12(8-21-14(13)16)10-5-4-6-11(7-10)17-9(2)18/h4-8H,3,16H2,1-2H3,(H,17,18). The highest BCUT2D eigenvalue weighted by molar-refractivity contribution is 7.14. The number of carbonyl (C=O) groups excluding carboxylic acids is 2. The summed E-state index contributed by atoms with van der Waals surface area (Å²) in [5, 5.41) is 4.95. The average molecular weight is 304 g/mol. The predicted molar refractivity (Wildman–Crippen MR) is 84.4 cm³/mol. The Balaban J connectivity index is 2.43. The van der Waals surface area contributed by atoms with Crippen LogP contribution in [-0.4, -0.2) is 18.5 Å². The molecule has 0 radical (unpaired) electrons. The Morgan fingerprint density at radius 3 is 2.81 bits per heavy atom. The van der Waals surface area contributed by atoms with Crippen LogP contribution in [0.4, 0.5) is 10.7 Å². The summed E-state index contributed by atoms with van der Waals surface area (Å²) < 4.78 is 5.04. The molecule has 2 aromatic rings. The molecule has 0 aliphatic rings. The van der Waals surface area contributed by atoms with Crippen LogP contribution in [0, 0.1) is 0 Å². The second-order valence-corrected chi connectivity index (χ2v) is 5.28. The van der Waals surface area contributed by atoms with Gasteiger partial charge in [0.05, 0.1) is 6.61 Å². The van der Waals surface area contributed by atoms with E-state index in [9.17, 15) is 9.59 Å². The van der Waals surface area contributed by atoms with Crippen LogP contribution in [0.5, 0.6) is 0 Å². The van der Waals surface area contributed by atoms with Crippen molar-refractivity contribution in [1.29, 1.82) is 0 Å². The van der Waals surface area contributed by atoms with Crippen LogP contribution in [0.25, 0.3) is 11.1 Å². The van der Waals surface area contributed by atoms with E-state index in [1.165, 1.54) is 18.3 Å². The molecule has 0 atom stereocenters. The molecular formula is C15H16N2O3S. The first-order chi connectivity index (χ1) is 10.0. The van der Waals surface area contributed by atoms with Crippen LogP contribution in [0.1, 0.15) is 24.2 Å². The van der Waals surface area contributed by atoms with Crippen LogP contribution < -0.4 is 11.1 Å². The Hall–Kier alpha value is -2.34. The maximum Gasteiger partial charge on any atom is 0.341 e. The first-order valence-corrected chi connectivity index (χ1v) is 7.33. The third kappa shape index (κ3) is 3.41. The van der Waals surface area contributed by atoms with E-state index < -0.39 is 5.97 Å². The highest BCUT2D eigenvalue weighted by atomic mass is 32.1. The van der Waals surface area contributed by atoms with Crippen molar-refractivity contribution in [1.82, 2.24) is 0 Å². The van der Waals surface area contributed by atoms with E-state index in [1.54, 1.807) is 19.1 Å². The second-order valence-electron chi connectivity index (χ2n) is 4.37. The Bertz CT molecular complexity index is 679. The van der Waals surface area contributed by atoms with E-state index in [0.29, 0.717) is 28.4 Å². The molecule has 0 saturated carbocycles. The molecule has 21 heavy (non-hydrogen) atoms. The van der Waals surface area contributed by atoms with Crippen LogP contribution in [0.3, 0.4) is 0 Å². The van der Waals surface area contributed by atoms with Gasteiger partial charge in [-0.15, -0.1) is 11.3 Å². The summed E-state index contributed by atoms with van der Waals surface area (Å²) in [6.07, 6.45) is 0. The average Bonchev–Trinajstić information content (AvgIpc) is 2.80. The maximum atomic E-state index is 12.0. The van der Waals surface area contributed by atoms with Gasteiger partial charge in [0.25, 0.3) is 0 Å². The molecule has 3 N–H and O–H groups in total. The molecule has 1 amide bonds. The lowest BCUT2D eigenvalue weighted by Gasteiger charge is -2.08. The van der Waals surface area contributed by atoms with Gasteiger partial charge in [-0.2, -0.15) is 0 Å². The van der Waals surface area contributed by atoms with Crippen molar-refractivity contribution < 1.29 is 14.3 Å². The van der Waals surface area contributed by atoms with Crippen LogP contribution in [-0.2, 0) is 9.53 Å². The number of benzene rings is 1.